The highest BCUT2D eigenvalue weighted by molar-refractivity contribution is 5.59. The number of hydrogen-bond acceptors (Lipinski definition) is 3. The van der Waals surface area contributed by atoms with Gasteiger partial charge in [-0.1, -0.05) is 13.0 Å². The van der Waals surface area contributed by atoms with Crippen molar-refractivity contribution in [1.29, 1.82) is 0 Å². The lowest BCUT2D eigenvalue weighted by molar-refractivity contribution is 0.285. The third-order valence-corrected chi connectivity index (χ3v) is 4.33. The molecule has 0 amide bonds. The fraction of sp³-hybridized carbons (Fsp3) is 0.625. The molecule has 1 aliphatic heterocycles. The van der Waals surface area contributed by atoms with Crippen LogP contribution in [0.25, 0.3) is 0 Å². The summed E-state index contributed by atoms with van der Waals surface area (Å²) in [6, 6.07) is 9.37. The Bertz CT molecular complexity index is 430. The normalized spacial score (nSPS) is 27.4. The van der Waals surface area contributed by atoms with Gasteiger partial charge in [0.2, 0.25) is 0 Å². The Morgan fingerprint density at radius 1 is 1.42 bits per heavy atom. The number of hydrogen-bond donors (Lipinski definition) is 1. The molecule has 3 nitrogen and oxygen atoms in total. The van der Waals surface area contributed by atoms with Gasteiger partial charge in [-0.25, -0.2) is 0 Å². The smallest absolute Gasteiger partial charge is 0.0390 e. The van der Waals surface area contributed by atoms with E-state index in [1.807, 2.05) is 0 Å². The molecule has 2 atom stereocenters. The quantitative estimate of drug-likeness (QED) is 0.902. The summed E-state index contributed by atoms with van der Waals surface area (Å²) in [5, 5.41) is 3.68. The van der Waals surface area contributed by atoms with Crippen molar-refractivity contribution in [2.24, 2.45) is 0 Å². The Kier molecular flexibility index (Phi) is 4.04. The number of anilines is 2. The number of piperazine rings is 1. The second kappa shape index (κ2) is 5.41. The van der Waals surface area contributed by atoms with E-state index in [1.54, 1.807) is 0 Å². The zero-order chi connectivity index (χ0) is 14.0. The molecule has 2 unspecified atom stereocenters. The number of benzene rings is 1. The van der Waals surface area contributed by atoms with Crippen molar-refractivity contribution in [2.45, 2.75) is 38.8 Å². The molecule has 0 saturated carbocycles. The maximum absolute atomic E-state index is 3.68. The predicted octanol–water partition coefficient (Wildman–Crippen LogP) is 2.72. The van der Waals surface area contributed by atoms with Crippen LogP contribution in [0.4, 0.5) is 11.4 Å². The average molecular weight is 261 g/mol. The second-order valence-electron chi connectivity index (χ2n) is 6.19. The van der Waals surface area contributed by atoms with Gasteiger partial charge in [0, 0.05) is 50.1 Å². The summed E-state index contributed by atoms with van der Waals surface area (Å²) in [5.74, 6) is 0. The highest BCUT2D eigenvalue weighted by atomic mass is 15.3. The minimum Gasteiger partial charge on any atom is -0.378 e. The monoisotopic (exact) mass is 261 g/mol. The van der Waals surface area contributed by atoms with Gasteiger partial charge in [0.1, 0.15) is 0 Å². The highest BCUT2D eigenvalue weighted by Gasteiger charge is 2.32. The Balaban J connectivity index is 2.26. The average Bonchev–Trinajstić information content (AvgIpc) is 2.42. The molecule has 19 heavy (non-hydrogen) atoms. The first-order valence-corrected chi connectivity index (χ1v) is 7.24. The van der Waals surface area contributed by atoms with E-state index < -0.39 is 0 Å². The standard InChI is InChI=1S/C16H27N3/c1-6-16(3)12-19(13(2)11-17-16)15-9-7-8-14(10-15)18(4)5/h7-10,13,17H,6,11-12H2,1-5H3. The van der Waals surface area contributed by atoms with E-state index in [0.29, 0.717) is 6.04 Å². The lowest BCUT2D eigenvalue weighted by atomic mass is 9.93. The molecular formula is C16H27N3. The van der Waals surface area contributed by atoms with Gasteiger partial charge in [-0.2, -0.15) is 0 Å². The van der Waals surface area contributed by atoms with Gasteiger partial charge in [0.15, 0.2) is 0 Å². The van der Waals surface area contributed by atoms with Crippen molar-refractivity contribution < 1.29 is 0 Å². The van der Waals surface area contributed by atoms with Crippen molar-refractivity contribution in [3.8, 4) is 0 Å². The zero-order valence-corrected chi connectivity index (χ0v) is 12.9. The lowest BCUT2D eigenvalue weighted by Crippen LogP contribution is -2.62. The van der Waals surface area contributed by atoms with Crippen molar-refractivity contribution in [1.82, 2.24) is 5.32 Å². The van der Waals surface area contributed by atoms with Crippen LogP contribution in [0, 0.1) is 0 Å². The molecule has 1 aromatic carbocycles. The first-order valence-electron chi connectivity index (χ1n) is 7.24. The third kappa shape index (κ3) is 3.03. The van der Waals surface area contributed by atoms with Crippen LogP contribution in [0.5, 0.6) is 0 Å². The Morgan fingerprint density at radius 3 is 2.79 bits per heavy atom. The summed E-state index contributed by atoms with van der Waals surface area (Å²) in [6.45, 7) is 9.00. The van der Waals surface area contributed by atoms with Gasteiger partial charge in [-0.3, -0.25) is 0 Å². The highest BCUT2D eigenvalue weighted by Crippen LogP contribution is 2.27. The number of rotatable bonds is 3. The molecule has 0 aromatic heterocycles. The molecule has 0 aliphatic carbocycles. The summed E-state index contributed by atoms with van der Waals surface area (Å²) < 4.78 is 0. The van der Waals surface area contributed by atoms with Crippen LogP contribution in [0.3, 0.4) is 0 Å². The molecule has 3 heteroatoms. The summed E-state index contributed by atoms with van der Waals surface area (Å²) in [6.07, 6.45) is 1.16. The predicted molar refractivity (Wildman–Crippen MR) is 84.3 cm³/mol. The van der Waals surface area contributed by atoms with E-state index in [1.165, 1.54) is 11.4 Å². The summed E-state index contributed by atoms with van der Waals surface area (Å²) in [7, 11) is 4.19. The third-order valence-electron chi connectivity index (χ3n) is 4.33. The molecule has 1 saturated heterocycles. The maximum atomic E-state index is 3.68. The largest absolute Gasteiger partial charge is 0.378 e. The van der Waals surface area contributed by atoms with Crippen LogP contribution in [0.2, 0.25) is 0 Å². The van der Waals surface area contributed by atoms with Gasteiger partial charge in [0.25, 0.3) is 0 Å². The van der Waals surface area contributed by atoms with Crippen molar-refractivity contribution in [2.75, 3.05) is 37.0 Å². The fourth-order valence-corrected chi connectivity index (χ4v) is 2.62. The Labute approximate surface area is 117 Å². The molecule has 0 bridgehead atoms. The van der Waals surface area contributed by atoms with Crippen LogP contribution in [0.1, 0.15) is 27.2 Å². The van der Waals surface area contributed by atoms with Crippen LogP contribution >= 0.6 is 0 Å². The topological polar surface area (TPSA) is 18.5 Å². The van der Waals surface area contributed by atoms with Gasteiger partial charge < -0.3 is 15.1 Å². The summed E-state index contributed by atoms with van der Waals surface area (Å²) >= 11 is 0. The SMILES string of the molecule is CCC1(C)CN(c2cccc(N(C)C)c2)C(C)CN1. The molecule has 1 fully saturated rings. The van der Waals surface area contributed by atoms with Gasteiger partial charge in [0.05, 0.1) is 0 Å². The van der Waals surface area contributed by atoms with Crippen molar-refractivity contribution in [3.63, 3.8) is 0 Å². The molecule has 106 valence electrons. The van der Waals surface area contributed by atoms with Crippen molar-refractivity contribution >= 4 is 11.4 Å². The Morgan fingerprint density at radius 2 is 2.16 bits per heavy atom. The van der Waals surface area contributed by atoms with Crippen molar-refractivity contribution in [3.05, 3.63) is 24.3 Å². The first kappa shape index (κ1) is 14.2. The molecule has 1 N–H and O–H groups in total. The maximum Gasteiger partial charge on any atom is 0.0390 e. The van der Waals surface area contributed by atoms with E-state index in [9.17, 15) is 0 Å². The molecule has 1 aromatic rings. The first-order chi connectivity index (χ1) is 8.95. The summed E-state index contributed by atoms with van der Waals surface area (Å²) in [4.78, 5) is 4.70. The van der Waals surface area contributed by atoms with E-state index in [0.717, 1.165) is 19.5 Å². The molecule has 2 rings (SSSR count). The van der Waals surface area contributed by atoms with E-state index in [4.69, 9.17) is 0 Å². The van der Waals surface area contributed by atoms with Gasteiger partial charge in [-0.05, 0) is 38.5 Å². The molecule has 0 radical (unpaired) electrons. The van der Waals surface area contributed by atoms with E-state index in [2.05, 4.69) is 74.2 Å². The zero-order valence-electron chi connectivity index (χ0n) is 12.9. The minimum atomic E-state index is 0.223. The Hall–Kier alpha value is -1.22. The second-order valence-corrected chi connectivity index (χ2v) is 6.19. The van der Waals surface area contributed by atoms with Gasteiger partial charge >= 0.3 is 0 Å². The number of nitrogens with zero attached hydrogens (tertiary/aromatic N) is 2. The molecule has 1 aliphatic rings. The fourth-order valence-electron chi connectivity index (χ4n) is 2.62. The molecular weight excluding hydrogens is 234 g/mol. The van der Waals surface area contributed by atoms with Crippen LogP contribution in [0.15, 0.2) is 24.3 Å². The summed E-state index contributed by atoms with van der Waals surface area (Å²) in [5.41, 5.74) is 2.82. The van der Waals surface area contributed by atoms with Gasteiger partial charge in [-0.15, -0.1) is 0 Å². The van der Waals surface area contributed by atoms with Crippen LogP contribution in [-0.4, -0.2) is 38.8 Å². The lowest BCUT2D eigenvalue weighted by Gasteiger charge is -2.46. The minimum absolute atomic E-state index is 0.223. The molecule has 0 spiro atoms. The van der Waals surface area contributed by atoms with Crippen LogP contribution in [-0.2, 0) is 0 Å². The number of nitrogens with one attached hydrogen (secondary N) is 1. The molecule has 1 heterocycles. The van der Waals surface area contributed by atoms with Crippen LogP contribution < -0.4 is 15.1 Å². The van der Waals surface area contributed by atoms with E-state index >= 15 is 0 Å². The van der Waals surface area contributed by atoms with E-state index in [-0.39, 0.29) is 5.54 Å².